The first-order valence-electron chi connectivity index (χ1n) is 9.11. The molecule has 0 radical (unpaired) electrons. The smallest absolute Gasteiger partial charge is 0.232 e. The summed E-state index contributed by atoms with van der Waals surface area (Å²) in [4.78, 5) is 4.80. The van der Waals surface area contributed by atoms with Gasteiger partial charge in [0.15, 0.2) is 5.69 Å². The van der Waals surface area contributed by atoms with Crippen LogP contribution in [0.5, 0.6) is 0 Å². The van der Waals surface area contributed by atoms with Crippen molar-refractivity contribution < 1.29 is 4.57 Å². The second-order valence-electron chi connectivity index (χ2n) is 7.56. The van der Waals surface area contributed by atoms with Gasteiger partial charge in [0.1, 0.15) is 5.69 Å². The largest absolute Gasteiger partial charge is 0.287 e. The van der Waals surface area contributed by atoms with E-state index >= 15 is 0 Å². The molecule has 0 bridgehead atoms. The molecule has 0 spiro atoms. The molecule has 25 heavy (non-hydrogen) atoms. The van der Waals surface area contributed by atoms with Crippen LogP contribution in [0.4, 0.5) is 0 Å². The van der Waals surface area contributed by atoms with E-state index in [4.69, 9.17) is 4.98 Å². The Hall–Kier alpha value is -2.48. The predicted molar refractivity (Wildman–Crippen MR) is 102 cm³/mol. The van der Waals surface area contributed by atoms with E-state index in [1.807, 2.05) is 6.33 Å². The third-order valence-corrected chi connectivity index (χ3v) is 5.19. The molecule has 1 aromatic heterocycles. The number of aromatic nitrogens is 2. The highest BCUT2D eigenvalue weighted by atomic mass is 15.0. The zero-order valence-corrected chi connectivity index (χ0v) is 15.5. The minimum absolute atomic E-state index is 0.662. The molecule has 3 aromatic rings. The Morgan fingerprint density at radius 2 is 1.76 bits per heavy atom. The maximum Gasteiger partial charge on any atom is 0.287 e. The van der Waals surface area contributed by atoms with Crippen molar-refractivity contribution in [1.82, 2.24) is 4.98 Å². The Kier molecular flexibility index (Phi) is 3.91. The van der Waals surface area contributed by atoms with Gasteiger partial charge in [0.05, 0.1) is 12.6 Å². The average Bonchev–Trinajstić information content (AvgIpc) is 2.95. The van der Waals surface area contributed by atoms with Crippen LogP contribution in [0.15, 0.2) is 48.8 Å². The second-order valence-corrected chi connectivity index (χ2v) is 7.56. The first kappa shape index (κ1) is 16.0. The average molecular weight is 329 g/mol. The maximum atomic E-state index is 4.80. The first-order valence-corrected chi connectivity index (χ1v) is 9.11. The van der Waals surface area contributed by atoms with Crippen LogP contribution in [-0.4, -0.2) is 4.98 Å². The van der Waals surface area contributed by atoms with Crippen LogP contribution < -0.4 is 4.57 Å². The number of rotatable bonds is 3. The van der Waals surface area contributed by atoms with Gasteiger partial charge in [-0.15, -0.1) is 0 Å². The third-order valence-electron chi connectivity index (χ3n) is 5.19. The lowest BCUT2D eigenvalue weighted by atomic mass is 9.95. The van der Waals surface area contributed by atoms with Gasteiger partial charge in [-0.25, -0.2) is 4.57 Å². The Balaban J connectivity index is 1.92. The quantitative estimate of drug-likeness (QED) is 0.500. The fraction of sp³-hybridized carbons (Fsp3) is 0.304. The van der Waals surface area contributed by atoms with E-state index in [1.54, 1.807) is 0 Å². The molecular formula is C23H25N2+. The molecular weight excluding hydrogens is 304 g/mol. The van der Waals surface area contributed by atoms with E-state index in [2.05, 4.69) is 74.9 Å². The monoisotopic (exact) mass is 329 g/mol. The Bertz CT molecular complexity index is 954. The highest BCUT2D eigenvalue weighted by Gasteiger charge is 2.31. The van der Waals surface area contributed by atoms with Gasteiger partial charge < -0.3 is 0 Å². The zero-order valence-electron chi connectivity index (χ0n) is 15.5. The van der Waals surface area contributed by atoms with Gasteiger partial charge in [0.25, 0.3) is 6.33 Å². The van der Waals surface area contributed by atoms with Crippen molar-refractivity contribution in [1.29, 1.82) is 0 Å². The molecule has 0 saturated heterocycles. The Morgan fingerprint density at radius 3 is 2.52 bits per heavy atom. The number of hydrogen-bond acceptors (Lipinski definition) is 1. The van der Waals surface area contributed by atoms with Crippen molar-refractivity contribution in [2.45, 2.75) is 33.6 Å². The summed E-state index contributed by atoms with van der Waals surface area (Å²) in [7, 11) is 2.10. The van der Waals surface area contributed by atoms with E-state index in [0.29, 0.717) is 5.92 Å². The summed E-state index contributed by atoms with van der Waals surface area (Å²) in [5.41, 5.74) is 10.7. The summed E-state index contributed by atoms with van der Waals surface area (Å²) in [5, 5.41) is 0. The molecule has 1 aliphatic carbocycles. The molecule has 0 atom stereocenters. The molecule has 0 amide bonds. The molecule has 4 rings (SSSR count). The van der Waals surface area contributed by atoms with Gasteiger partial charge in [-0.3, -0.25) is 0 Å². The molecule has 0 aliphatic heterocycles. The molecule has 0 fully saturated rings. The summed E-state index contributed by atoms with van der Waals surface area (Å²) >= 11 is 0. The SMILES string of the molecule is Cc1ccccc1-c1c2c(nc[n+]1C)-c1cccc(CC(C)C)c1C2. The fourth-order valence-electron chi connectivity index (χ4n) is 4.07. The summed E-state index contributed by atoms with van der Waals surface area (Å²) in [6.45, 7) is 6.77. The lowest BCUT2D eigenvalue weighted by molar-refractivity contribution is -0.663. The van der Waals surface area contributed by atoms with Crippen LogP contribution in [0.2, 0.25) is 0 Å². The van der Waals surface area contributed by atoms with Gasteiger partial charge in [-0.2, -0.15) is 0 Å². The van der Waals surface area contributed by atoms with Gasteiger partial charge in [-0.05, 0) is 40.9 Å². The normalized spacial score (nSPS) is 12.4. The molecule has 2 heteroatoms. The van der Waals surface area contributed by atoms with Crippen molar-refractivity contribution >= 4 is 0 Å². The van der Waals surface area contributed by atoms with Gasteiger partial charge in [0, 0.05) is 17.5 Å². The number of aryl methyl sites for hydroxylation is 2. The highest BCUT2D eigenvalue weighted by Crippen LogP contribution is 2.41. The van der Waals surface area contributed by atoms with E-state index in [0.717, 1.165) is 18.5 Å². The summed E-state index contributed by atoms with van der Waals surface area (Å²) in [5.74, 6) is 0.662. The molecule has 0 saturated carbocycles. The minimum Gasteiger partial charge on any atom is -0.232 e. The van der Waals surface area contributed by atoms with Crippen LogP contribution in [0.1, 0.15) is 36.1 Å². The molecule has 126 valence electrons. The van der Waals surface area contributed by atoms with Crippen LogP contribution in [-0.2, 0) is 19.9 Å². The molecule has 1 aliphatic rings. The van der Waals surface area contributed by atoms with Crippen LogP contribution >= 0.6 is 0 Å². The molecule has 1 heterocycles. The zero-order chi connectivity index (χ0) is 17.6. The lowest BCUT2D eigenvalue weighted by Gasteiger charge is -2.10. The summed E-state index contributed by atoms with van der Waals surface area (Å²) < 4.78 is 2.18. The van der Waals surface area contributed by atoms with Crippen molar-refractivity contribution in [3.63, 3.8) is 0 Å². The van der Waals surface area contributed by atoms with Gasteiger partial charge >= 0.3 is 0 Å². The van der Waals surface area contributed by atoms with E-state index < -0.39 is 0 Å². The molecule has 0 N–H and O–H groups in total. The van der Waals surface area contributed by atoms with E-state index in [-0.39, 0.29) is 0 Å². The van der Waals surface area contributed by atoms with Crippen LogP contribution in [0.25, 0.3) is 22.5 Å². The number of nitrogens with zero attached hydrogens (tertiary/aromatic N) is 2. The van der Waals surface area contributed by atoms with Gasteiger partial charge in [-0.1, -0.05) is 56.3 Å². The highest BCUT2D eigenvalue weighted by molar-refractivity contribution is 5.80. The molecule has 2 aromatic carbocycles. The third kappa shape index (κ3) is 2.66. The van der Waals surface area contributed by atoms with Crippen molar-refractivity contribution in [2.75, 3.05) is 0 Å². The molecule has 2 nitrogen and oxygen atoms in total. The second kappa shape index (κ2) is 6.11. The number of hydrogen-bond donors (Lipinski definition) is 0. The van der Waals surface area contributed by atoms with Crippen molar-refractivity contribution in [3.05, 3.63) is 71.0 Å². The number of fused-ring (bicyclic) bond motifs is 3. The van der Waals surface area contributed by atoms with Gasteiger partial charge in [0.2, 0.25) is 0 Å². The standard InChI is InChI=1S/C23H25N2/c1-15(2)12-17-9-7-11-19-20(17)13-21-22(19)24-14-25(4)23(21)18-10-6-5-8-16(18)3/h5-11,14-15H,12-13H2,1-4H3/q+1. The van der Waals surface area contributed by atoms with E-state index in [1.165, 1.54) is 39.1 Å². The van der Waals surface area contributed by atoms with Crippen molar-refractivity contribution in [2.24, 2.45) is 13.0 Å². The predicted octanol–water partition coefficient (Wildman–Crippen LogP) is 4.65. The first-order chi connectivity index (χ1) is 12.1. The van der Waals surface area contributed by atoms with Crippen molar-refractivity contribution in [3.8, 4) is 22.5 Å². The summed E-state index contributed by atoms with van der Waals surface area (Å²) in [6.07, 6.45) is 4.08. The van der Waals surface area contributed by atoms with Crippen LogP contribution in [0.3, 0.4) is 0 Å². The topological polar surface area (TPSA) is 16.8 Å². The van der Waals surface area contributed by atoms with E-state index in [9.17, 15) is 0 Å². The lowest BCUT2D eigenvalue weighted by Crippen LogP contribution is -2.33. The molecule has 0 unspecified atom stereocenters. The fourth-order valence-corrected chi connectivity index (χ4v) is 4.07. The van der Waals surface area contributed by atoms with Crippen LogP contribution in [0, 0.1) is 12.8 Å². The maximum absolute atomic E-state index is 4.80. The Morgan fingerprint density at radius 1 is 1.00 bits per heavy atom. The summed E-state index contributed by atoms with van der Waals surface area (Å²) in [6, 6.07) is 15.4. The minimum atomic E-state index is 0.662. The Labute approximate surface area is 150 Å². The number of benzene rings is 2.